The topological polar surface area (TPSA) is 89.2 Å². The summed E-state index contributed by atoms with van der Waals surface area (Å²) in [6.07, 6.45) is 4.16. The van der Waals surface area contributed by atoms with Gasteiger partial charge in [0.05, 0.1) is 0 Å². The van der Waals surface area contributed by atoms with Crippen molar-refractivity contribution in [3.05, 3.63) is 18.0 Å². The average Bonchev–Trinajstić information content (AvgIpc) is 2.38. The van der Waals surface area contributed by atoms with Crippen LogP contribution in [0, 0.1) is 6.92 Å². The van der Waals surface area contributed by atoms with E-state index in [2.05, 4.69) is 9.97 Å². The molecule has 6 nitrogen and oxygen atoms in total. The lowest BCUT2D eigenvalue weighted by molar-refractivity contribution is 0.256. The van der Waals surface area contributed by atoms with Crippen LogP contribution >= 0.6 is 0 Å². The van der Waals surface area contributed by atoms with Gasteiger partial charge in [-0.1, -0.05) is 6.42 Å². The first-order chi connectivity index (χ1) is 8.55. The molecule has 0 amide bonds. The Labute approximate surface area is 107 Å². The van der Waals surface area contributed by atoms with Crippen molar-refractivity contribution < 1.29 is 8.42 Å². The molecule has 1 fully saturated rings. The Morgan fingerprint density at radius 1 is 1.50 bits per heavy atom. The molecule has 100 valence electrons. The molecular formula is C11H18N4O2S. The second kappa shape index (κ2) is 5.29. The number of rotatable bonds is 3. The standard InChI is InChI=1S/C11H18N4O2S/c1-9-5-6-13-11(14-9)18(16,17)15-7-3-2-4-10(15)8-12/h5-6,10H,2-4,7-8,12H2,1H3/t10-/m1/s1. The van der Waals surface area contributed by atoms with Crippen LogP contribution in [-0.2, 0) is 10.0 Å². The lowest BCUT2D eigenvalue weighted by atomic mass is 10.1. The number of aryl methyl sites for hydroxylation is 1. The van der Waals surface area contributed by atoms with Crippen molar-refractivity contribution in [2.45, 2.75) is 37.4 Å². The predicted molar refractivity (Wildman–Crippen MR) is 67.4 cm³/mol. The molecule has 1 aliphatic rings. The molecule has 0 bridgehead atoms. The zero-order valence-electron chi connectivity index (χ0n) is 10.4. The Balaban J connectivity index is 2.35. The first-order valence-electron chi connectivity index (χ1n) is 6.07. The number of piperidine rings is 1. The molecule has 0 aromatic carbocycles. The number of aromatic nitrogens is 2. The van der Waals surface area contributed by atoms with Crippen LogP contribution in [0.25, 0.3) is 0 Å². The second-order valence-electron chi connectivity index (χ2n) is 4.48. The van der Waals surface area contributed by atoms with Crippen LogP contribution in [0.2, 0.25) is 0 Å². The molecule has 0 aliphatic carbocycles. The van der Waals surface area contributed by atoms with Crippen molar-refractivity contribution in [2.75, 3.05) is 13.1 Å². The highest BCUT2D eigenvalue weighted by Crippen LogP contribution is 2.22. The molecule has 0 radical (unpaired) electrons. The summed E-state index contributed by atoms with van der Waals surface area (Å²) in [5.41, 5.74) is 6.29. The molecular weight excluding hydrogens is 252 g/mol. The number of nitrogens with zero attached hydrogens (tertiary/aromatic N) is 3. The normalized spacial score (nSPS) is 22.0. The van der Waals surface area contributed by atoms with Gasteiger partial charge < -0.3 is 5.73 Å². The van der Waals surface area contributed by atoms with Crippen LogP contribution in [0.15, 0.2) is 17.4 Å². The van der Waals surface area contributed by atoms with E-state index >= 15 is 0 Å². The van der Waals surface area contributed by atoms with Gasteiger partial charge >= 0.3 is 0 Å². The van der Waals surface area contributed by atoms with Gasteiger partial charge in [0.15, 0.2) is 0 Å². The summed E-state index contributed by atoms with van der Waals surface area (Å²) < 4.78 is 26.4. The Morgan fingerprint density at radius 2 is 2.28 bits per heavy atom. The molecule has 0 spiro atoms. The summed E-state index contributed by atoms with van der Waals surface area (Å²) in [4.78, 5) is 7.88. The van der Waals surface area contributed by atoms with E-state index in [9.17, 15) is 8.42 Å². The summed E-state index contributed by atoms with van der Waals surface area (Å²) in [5, 5.41) is -0.122. The smallest absolute Gasteiger partial charge is 0.279 e. The third-order valence-corrected chi connectivity index (χ3v) is 4.91. The van der Waals surface area contributed by atoms with Crippen molar-refractivity contribution >= 4 is 10.0 Å². The van der Waals surface area contributed by atoms with Gasteiger partial charge in [0, 0.05) is 31.0 Å². The Hall–Kier alpha value is -1.05. The number of nitrogens with two attached hydrogens (primary N) is 1. The zero-order chi connectivity index (χ0) is 13.2. The Bertz CT molecular complexity index is 518. The Kier molecular flexibility index (Phi) is 3.94. The molecule has 1 aromatic heterocycles. The highest BCUT2D eigenvalue weighted by molar-refractivity contribution is 7.89. The molecule has 2 heterocycles. The molecule has 1 aromatic rings. The fraction of sp³-hybridized carbons (Fsp3) is 0.636. The van der Waals surface area contributed by atoms with Gasteiger partial charge in [0.25, 0.3) is 15.2 Å². The van der Waals surface area contributed by atoms with Crippen molar-refractivity contribution in [3.8, 4) is 0 Å². The fourth-order valence-corrected chi connectivity index (χ4v) is 3.80. The lowest BCUT2D eigenvalue weighted by Gasteiger charge is -2.33. The van der Waals surface area contributed by atoms with E-state index < -0.39 is 10.0 Å². The molecule has 0 saturated carbocycles. The van der Waals surface area contributed by atoms with E-state index in [-0.39, 0.29) is 11.2 Å². The fourth-order valence-electron chi connectivity index (χ4n) is 2.18. The third-order valence-electron chi connectivity index (χ3n) is 3.16. The van der Waals surface area contributed by atoms with E-state index in [1.165, 1.54) is 10.5 Å². The minimum Gasteiger partial charge on any atom is -0.329 e. The molecule has 1 saturated heterocycles. The summed E-state index contributed by atoms with van der Waals surface area (Å²) >= 11 is 0. The summed E-state index contributed by atoms with van der Waals surface area (Å²) in [6.45, 7) is 2.59. The van der Waals surface area contributed by atoms with Gasteiger partial charge in [-0.25, -0.2) is 18.4 Å². The molecule has 2 N–H and O–H groups in total. The first kappa shape index (κ1) is 13.4. The maximum atomic E-state index is 12.5. The van der Waals surface area contributed by atoms with Crippen LogP contribution in [0.3, 0.4) is 0 Å². The van der Waals surface area contributed by atoms with Gasteiger partial charge in [-0.2, -0.15) is 4.31 Å². The zero-order valence-corrected chi connectivity index (χ0v) is 11.2. The minimum atomic E-state index is -3.61. The predicted octanol–water partition coefficient (Wildman–Crippen LogP) is 0.287. The number of hydrogen-bond acceptors (Lipinski definition) is 5. The van der Waals surface area contributed by atoms with Gasteiger partial charge in [0.2, 0.25) is 0 Å². The van der Waals surface area contributed by atoms with Gasteiger partial charge in [0.1, 0.15) is 0 Å². The molecule has 0 unspecified atom stereocenters. The van der Waals surface area contributed by atoms with E-state index in [1.54, 1.807) is 13.0 Å². The SMILES string of the molecule is Cc1ccnc(S(=O)(=O)N2CCCC[C@@H]2CN)n1. The van der Waals surface area contributed by atoms with E-state index in [0.29, 0.717) is 18.8 Å². The van der Waals surface area contributed by atoms with Crippen LogP contribution in [-0.4, -0.2) is 41.8 Å². The average molecular weight is 270 g/mol. The molecule has 18 heavy (non-hydrogen) atoms. The van der Waals surface area contributed by atoms with Crippen molar-refractivity contribution in [1.29, 1.82) is 0 Å². The van der Waals surface area contributed by atoms with Crippen LogP contribution in [0.4, 0.5) is 0 Å². The number of hydrogen-bond donors (Lipinski definition) is 1. The van der Waals surface area contributed by atoms with E-state index in [4.69, 9.17) is 5.73 Å². The van der Waals surface area contributed by atoms with E-state index in [0.717, 1.165) is 19.3 Å². The van der Waals surface area contributed by atoms with Crippen LogP contribution < -0.4 is 5.73 Å². The van der Waals surface area contributed by atoms with Crippen molar-refractivity contribution in [1.82, 2.24) is 14.3 Å². The number of sulfonamides is 1. The monoisotopic (exact) mass is 270 g/mol. The maximum absolute atomic E-state index is 12.5. The van der Waals surface area contributed by atoms with Crippen LogP contribution in [0.1, 0.15) is 25.0 Å². The molecule has 1 aliphatic heterocycles. The molecule has 1 atom stereocenters. The maximum Gasteiger partial charge on any atom is 0.279 e. The second-order valence-corrected chi connectivity index (χ2v) is 6.27. The van der Waals surface area contributed by atoms with Crippen molar-refractivity contribution in [2.24, 2.45) is 5.73 Å². The first-order valence-corrected chi connectivity index (χ1v) is 7.51. The quantitative estimate of drug-likeness (QED) is 0.797. The summed E-state index contributed by atoms with van der Waals surface area (Å²) in [6, 6.07) is 1.54. The minimum absolute atomic E-state index is 0.122. The van der Waals surface area contributed by atoms with Crippen LogP contribution in [0.5, 0.6) is 0 Å². The Morgan fingerprint density at radius 3 is 2.94 bits per heavy atom. The third kappa shape index (κ3) is 2.52. The van der Waals surface area contributed by atoms with Gasteiger partial charge in [-0.15, -0.1) is 0 Å². The largest absolute Gasteiger partial charge is 0.329 e. The molecule has 7 heteroatoms. The highest BCUT2D eigenvalue weighted by Gasteiger charge is 2.34. The van der Waals surface area contributed by atoms with Gasteiger partial charge in [-0.3, -0.25) is 0 Å². The molecule has 2 rings (SSSR count). The summed E-state index contributed by atoms with van der Waals surface area (Å²) in [5.74, 6) is 0. The van der Waals surface area contributed by atoms with Gasteiger partial charge in [-0.05, 0) is 25.8 Å². The van der Waals surface area contributed by atoms with E-state index in [1.807, 2.05) is 0 Å². The summed E-state index contributed by atoms with van der Waals surface area (Å²) in [7, 11) is -3.61. The lowest BCUT2D eigenvalue weighted by Crippen LogP contribution is -2.47. The highest BCUT2D eigenvalue weighted by atomic mass is 32.2. The van der Waals surface area contributed by atoms with Crippen molar-refractivity contribution in [3.63, 3.8) is 0 Å².